The number of ketones is 2. The number of Topliss-reactive ketones (excluding diaryl/α,β-unsaturated/α-hetero) is 1. The summed E-state index contributed by atoms with van der Waals surface area (Å²) in [6.07, 6.45) is 1.47. The fraction of sp³-hybridized carbons (Fsp3) is 0.200. The summed E-state index contributed by atoms with van der Waals surface area (Å²) in [7, 11) is 1.38. The van der Waals surface area contributed by atoms with Crippen LogP contribution in [-0.2, 0) is 16.1 Å². The van der Waals surface area contributed by atoms with Crippen molar-refractivity contribution in [2.45, 2.75) is 19.4 Å². The van der Waals surface area contributed by atoms with E-state index in [1.165, 1.54) is 44.4 Å². The van der Waals surface area contributed by atoms with Crippen LogP contribution in [0.1, 0.15) is 28.4 Å². The third-order valence-electron chi connectivity index (χ3n) is 4.02. The summed E-state index contributed by atoms with van der Waals surface area (Å²) in [4.78, 5) is 28.1. The van der Waals surface area contributed by atoms with E-state index in [-0.39, 0.29) is 34.8 Å². The van der Waals surface area contributed by atoms with Crippen LogP contribution >= 0.6 is 0 Å². The van der Waals surface area contributed by atoms with Gasteiger partial charge in [-0.3, -0.25) is 14.8 Å². The molecule has 0 aliphatic carbocycles. The molecule has 0 aromatic heterocycles. The Hall–Kier alpha value is -3.16. The van der Waals surface area contributed by atoms with Gasteiger partial charge in [0, 0.05) is 12.0 Å². The molecule has 1 atom stereocenters. The molecular formula is C20H20O7. The van der Waals surface area contributed by atoms with Crippen LogP contribution in [0.5, 0.6) is 17.2 Å². The minimum absolute atomic E-state index is 0.0149. The molecule has 0 amide bonds. The molecule has 1 unspecified atom stereocenters. The predicted octanol–water partition coefficient (Wildman–Crippen LogP) is 2.99. The molecule has 27 heavy (non-hydrogen) atoms. The first-order chi connectivity index (χ1) is 12.9. The Morgan fingerprint density at radius 1 is 1.11 bits per heavy atom. The van der Waals surface area contributed by atoms with E-state index in [1.807, 2.05) is 0 Å². The highest BCUT2D eigenvalue weighted by Crippen LogP contribution is 2.33. The van der Waals surface area contributed by atoms with Crippen LogP contribution in [-0.4, -0.2) is 40.3 Å². The molecular weight excluding hydrogens is 352 g/mol. The van der Waals surface area contributed by atoms with E-state index in [1.54, 1.807) is 18.2 Å². The molecule has 0 aliphatic rings. The van der Waals surface area contributed by atoms with E-state index in [4.69, 9.17) is 9.99 Å². The van der Waals surface area contributed by atoms with Crippen molar-refractivity contribution in [1.82, 2.24) is 0 Å². The van der Waals surface area contributed by atoms with Gasteiger partial charge in [-0.25, -0.2) is 4.89 Å². The first-order valence-corrected chi connectivity index (χ1v) is 8.08. The number of methoxy groups -OCH3 is 1. The molecule has 2 aromatic carbocycles. The maximum atomic E-state index is 12.5. The van der Waals surface area contributed by atoms with E-state index in [0.717, 1.165) is 0 Å². The second kappa shape index (κ2) is 8.98. The molecule has 3 N–H and O–H groups in total. The fourth-order valence-electron chi connectivity index (χ4n) is 2.49. The van der Waals surface area contributed by atoms with Gasteiger partial charge in [-0.05, 0) is 42.8 Å². The van der Waals surface area contributed by atoms with E-state index < -0.39 is 17.7 Å². The lowest BCUT2D eigenvalue weighted by Gasteiger charge is -2.16. The molecule has 2 rings (SSSR count). The van der Waals surface area contributed by atoms with Crippen molar-refractivity contribution in [3.05, 3.63) is 59.2 Å². The smallest absolute Gasteiger partial charge is 0.189 e. The average molecular weight is 372 g/mol. The molecule has 0 fully saturated rings. The third kappa shape index (κ3) is 4.93. The van der Waals surface area contributed by atoms with Crippen LogP contribution in [0.2, 0.25) is 0 Å². The number of hydrogen-bond donors (Lipinski definition) is 3. The van der Waals surface area contributed by atoms with Gasteiger partial charge in [0.05, 0.1) is 12.7 Å². The zero-order chi connectivity index (χ0) is 20.0. The third-order valence-corrected chi connectivity index (χ3v) is 4.02. The summed E-state index contributed by atoms with van der Waals surface area (Å²) in [5, 5.41) is 28.7. The quantitative estimate of drug-likeness (QED) is 0.282. The number of phenols is 2. The number of carbonyl (C=O) groups is 2. The highest BCUT2D eigenvalue weighted by Gasteiger charge is 2.23. The standard InChI is InChI=1S/C20H20O7/c1-12(21)19(27-25)11-16-18(26-2)10-8-15(20(16)24)17(23)9-5-13-3-6-14(22)7-4-13/h3-10,19,22,24-25H,11H2,1-2H3/b9-5+. The van der Waals surface area contributed by atoms with E-state index in [0.29, 0.717) is 5.56 Å². The lowest BCUT2D eigenvalue weighted by molar-refractivity contribution is -0.270. The van der Waals surface area contributed by atoms with Gasteiger partial charge in [0.15, 0.2) is 17.7 Å². The van der Waals surface area contributed by atoms with Crippen molar-refractivity contribution >= 4 is 17.6 Å². The van der Waals surface area contributed by atoms with Crippen molar-refractivity contribution in [3.63, 3.8) is 0 Å². The van der Waals surface area contributed by atoms with Crippen LogP contribution in [0.3, 0.4) is 0 Å². The Morgan fingerprint density at radius 2 is 1.78 bits per heavy atom. The van der Waals surface area contributed by atoms with E-state index >= 15 is 0 Å². The number of rotatable bonds is 8. The second-order valence-corrected chi connectivity index (χ2v) is 5.84. The van der Waals surface area contributed by atoms with Crippen molar-refractivity contribution in [2.24, 2.45) is 0 Å². The minimum Gasteiger partial charge on any atom is -0.508 e. The lowest BCUT2D eigenvalue weighted by Crippen LogP contribution is -2.23. The summed E-state index contributed by atoms with van der Waals surface area (Å²) >= 11 is 0. The predicted molar refractivity (Wildman–Crippen MR) is 98.0 cm³/mol. The molecule has 0 aliphatic heterocycles. The Morgan fingerprint density at radius 3 is 2.33 bits per heavy atom. The van der Waals surface area contributed by atoms with Gasteiger partial charge in [-0.2, -0.15) is 0 Å². The van der Waals surface area contributed by atoms with Gasteiger partial charge in [0.25, 0.3) is 0 Å². The normalized spacial score (nSPS) is 12.1. The van der Waals surface area contributed by atoms with Gasteiger partial charge < -0.3 is 14.9 Å². The molecule has 0 radical (unpaired) electrons. The maximum Gasteiger partial charge on any atom is 0.189 e. The van der Waals surface area contributed by atoms with Crippen molar-refractivity contribution in [1.29, 1.82) is 0 Å². The monoisotopic (exact) mass is 372 g/mol. The van der Waals surface area contributed by atoms with Crippen molar-refractivity contribution in [2.75, 3.05) is 7.11 Å². The topological polar surface area (TPSA) is 113 Å². The Bertz CT molecular complexity index is 853. The van der Waals surface area contributed by atoms with E-state index in [9.17, 15) is 19.8 Å². The Kier molecular flexibility index (Phi) is 6.70. The van der Waals surface area contributed by atoms with Crippen LogP contribution in [0.4, 0.5) is 0 Å². The summed E-state index contributed by atoms with van der Waals surface area (Å²) in [5.74, 6) is -0.883. The molecule has 0 saturated carbocycles. The Labute approximate surface area is 156 Å². The summed E-state index contributed by atoms with van der Waals surface area (Å²) in [6, 6.07) is 9.14. The number of phenolic OH excluding ortho intramolecular Hbond substituents is 2. The number of ether oxygens (including phenoxy) is 1. The minimum atomic E-state index is -1.19. The summed E-state index contributed by atoms with van der Waals surface area (Å²) in [6.45, 7) is 1.24. The Balaban J connectivity index is 2.33. The number of carbonyl (C=O) groups excluding carboxylic acids is 2. The zero-order valence-corrected chi connectivity index (χ0v) is 14.9. The van der Waals surface area contributed by atoms with Crippen LogP contribution in [0.25, 0.3) is 6.08 Å². The first kappa shape index (κ1) is 20.2. The van der Waals surface area contributed by atoms with E-state index in [2.05, 4.69) is 4.89 Å². The van der Waals surface area contributed by atoms with Gasteiger partial charge in [-0.15, -0.1) is 0 Å². The summed E-state index contributed by atoms with van der Waals surface area (Å²) < 4.78 is 5.17. The van der Waals surface area contributed by atoms with Gasteiger partial charge >= 0.3 is 0 Å². The number of allylic oxidation sites excluding steroid dienone is 1. The highest BCUT2D eigenvalue weighted by molar-refractivity contribution is 6.09. The van der Waals surface area contributed by atoms with Crippen LogP contribution < -0.4 is 4.74 Å². The highest BCUT2D eigenvalue weighted by atomic mass is 17.1. The fourth-order valence-corrected chi connectivity index (χ4v) is 2.49. The van der Waals surface area contributed by atoms with Crippen LogP contribution in [0, 0.1) is 0 Å². The first-order valence-electron chi connectivity index (χ1n) is 8.08. The summed E-state index contributed by atoms with van der Waals surface area (Å²) in [5.41, 5.74) is 0.886. The second-order valence-electron chi connectivity index (χ2n) is 5.84. The van der Waals surface area contributed by atoms with Crippen molar-refractivity contribution in [3.8, 4) is 17.2 Å². The van der Waals surface area contributed by atoms with Gasteiger partial charge in [0.1, 0.15) is 17.2 Å². The van der Waals surface area contributed by atoms with Gasteiger partial charge in [0.2, 0.25) is 0 Å². The molecule has 0 saturated heterocycles. The zero-order valence-electron chi connectivity index (χ0n) is 14.9. The van der Waals surface area contributed by atoms with Crippen molar-refractivity contribution < 1.29 is 34.7 Å². The van der Waals surface area contributed by atoms with Gasteiger partial charge in [-0.1, -0.05) is 18.2 Å². The molecule has 2 aromatic rings. The number of hydrogen-bond acceptors (Lipinski definition) is 7. The molecule has 142 valence electrons. The van der Waals surface area contributed by atoms with Crippen LogP contribution in [0.15, 0.2) is 42.5 Å². The maximum absolute atomic E-state index is 12.5. The number of aromatic hydroxyl groups is 2. The molecule has 0 heterocycles. The lowest BCUT2D eigenvalue weighted by atomic mass is 9.98. The average Bonchev–Trinajstić information content (AvgIpc) is 2.65. The SMILES string of the molecule is COc1ccc(C(=O)/C=C/c2ccc(O)cc2)c(O)c1CC(OO)C(C)=O. The molecule has 7 nitrogen and oxygen atoms in total. The molecule has 0 spiro atoms. The largest absolute Gasteiger partial charge is 0.508 e. The molecule has 0 bridgehead atoms. The number of benzene rings is 2. The molecule has 7 heteroatoms.